The van der Waals surface area contributed by atoms with Crippen molar-refractivity contribution in [3.63, 3.8) is 0 Å². The Kier molecular flexibility index (Phi) is 4.22. The third kappa shape index (κ3) is 2.95. The van der Waals surface area contributed by atoms with E-state index in [4.69, 9.17) is 5.73 Å². The second-order valence-corrected chi connectivity index (χ2v) is 1.76. The number of nitro benzene ring substituents is 1. The second kappa shape index (κ2) is 4.41. The molecule has 11 heavy (non-hydrogen) atoms. The second-order valence-electron chi connectivity index (χ2n) is 1.76. The molecule has 0 atom stereocenters. The van der Waals surface area contributed by atoms with Crippen LogP contribution in [0.3, 0.4) is 0 Å². The number of anilines is 1. The van der Waals surface area contributed by atoms with Crippen LogP contribution in [0.1, 0.15) is 0 Å². The van der Waals surface area contributed by atoms with Crippen LogP contribution in [0.15, 0.2) is 18.2 Å². The zero-order valence-corrected chi connectivity index (χ0v) is 8.49. The van der Waals surface area contributed by atoms with Crippen molar-refractivity contribution in [3.8, 4) is 0 Å². The first-order valence-corrected chi connectivity index (χ1v) is 2.62. The molecule has 55 valence electrons. The van der Waals surface area contributed by atoms with Crippen molar-refractivity contribution < 1.29 is 37.6 Å². The van der Waals surface area contributed by atoms with Crippen molar-refractivity contribution in [2.24, 2.45) is 0 Å². The minimum absolute atomic E-state index is 0. The van der Waals surface area contributed by atoms with Crippen LogP contribution in [0.2, 0.25) is 0 Å². The molecule has 0 fully saturated rings. The molecule has 0 bridgehead atoms. The number of benzene rings is 1. The molecule has 5 heteroatoms. The summed E-state index contributed by atoms with van der Waals surface area (Å²) in [4.78, 5) is 9.54. The number of nitrogens with zero attached hydrogens (tertiary/aromatic N) is 1. The van der Waals surface area contributed by atoms with E-state index in [2.05, 4.69) is 6.07 Å². The molecule has 0 spiro atoms. The first-order valence-electron chi connectivity index (χ1n) is 2.62. The molecule has 1 aromatic rings. The van der Waals surface area contributed by atoms with Gasteiger partial charge in [-0.25, -0.2) is 0 Å². The summed E-state index contributed by atoms with van der Waals surface area (Å²) >= 11 is 0. The molecule has 4 nitrogen and oxygen atoms in total. The number of hydrogen-bond donors (Lipinski definition) is 1. The quantitative estimate of drug-likeness (QED) is 0.335. The minimum Gasteiger partial charge on any atom is -0.419 e. The molecule has 0 heterocycles. The predicted octanol–water partition coefficient (Wildman–Crippen LogP) is 0.975. The molecule has 0 aliphatic carbocycles. The van der Waals surface area contributed by atoms with Gasteiger partial charge >= 0.3 is 0 Å². The van der Waals surface area contributed by atoms with Crippen LogP contribution in [-0.4, -0.2) is 4.92 Å². The molecule has 0 aliphatic rings. The van der Waals surface area contributed by atoms with E-state index >= 15 is 0 Å². The summed E-state index contributed by atoms with van der Waals surface area (Å²) in [6.07, 6.45) is 0. The van der Waals surface area contributed by atoms with Crippen LogP contribution in [0, 0.1) is 16.2 Å². The SMILES string of the molecule is Nc1cc[c-]c([N+](=O)[O-])c1.[Y]. The Morgan fingerprint density at radius 3 is 2.64 bits per heavy atom. The van der Waals surface area contributed by atoms with E-state index in [1.54, 1.807) is 6.07 Å². The van der Waals surface area contributed by atoms with Gasteiger partial charge in [-0.2, -0.15) is 6.07 Å². The van der Waals surface area contributed by atoms with Crippen molar-refractivity contribution in [3.05, 3.63) is 34.4 Å². The van der Waals surface area contributed by atoms with E-state index in [0.29, 0.717) is 5.69 Å². The molecule has 0 saturated carbocycles. The predicted molar refractivity (Wildman–Crippen MR) is 36.3 cm³/mol. The first-order chi connectivity index (χ1) is 4.70. The van der Waals surface area contributed by atoms with Gasteiger partial charge in [-0.15, -0.1) is 12.1 Å². The number of nitro groups is 1. The van der Waals surface area contributed by atoms with Crippen LogP contribution in [0.25, 0.3) is 0 Å². The fourth-order valence-corrected chi connectivity index (χ4v) is 0.576. The smallest absolute Gasteiger partial charge is 0.164 e. The molecular weight excluding hydrogens is 221 g/mol. The average Bonchev–Trinajstić information content (AvgIpc) is 1.88. The van der Waals surface area contributed by atoms with Gasteiger partial charge in [0.05, 0.1) is 0 Å². The van der Waals surface area contributed by atoms with E-state index in [1.165, 1.54) is 12.1 Å². The Morgan fingerprint density at radius 1 is 1.64 bits per heavy atom. The summed E-state index contributed by atoms with van der Waals surface area (Å²) in [5.41, 5.74) is 5.55. The zero-order valence-electron chi connectivity index (χ0n) is 5.65. The van der Waals surface area contributed by atoms with E-state index in [1.807, 2.05) is 0 Å². The first kappa shape index (κ1) is 10.5. The van der Waals surface area contributed by atoms with Gasteiger partial charge in [-0.1, -0.05) is 11.8 Å². The minimum atomic E-state index is -0.531. The third-order valence-corrected chi connectivity index (χ3v) is 1.01. The summed E-state index contributed by atoms with van der Waals surface area (Å²) in [5, 5.41) is 10.1. The Hall–Kier alpha value is -0.476. The van der Waals surface area contributed by atoms with E-state index in [9.17, 15) is 10.1 Å². The van der Waals surface area contributed by atoms with Gasteiger partial charge in [0.2, 0.25) is 0 Å². The summed E-state index contributed by atoms with van der Waals surface area (Å²) < 4.78 is 0. The van der Waals surface area contributed by atoms with E-state index in [-0.39, 0.29) is 38.4 Å². The van der Waals surface area contributed by atoms with Crippen LogP contribution in [0.4, 0.5) is 11.4 Å². The molecule has 1 aromatic carbocycles. The topological polar surface area (TPSA) is 69.2 Å². The molecule has 1 radical (unpaired) electrons. The van der Waals surface area contributed by atoms with Gasteiger partial charge in [0, 0.05) is 37.6 Å². The summed E-state index contributed by atoms with van der Waals surface area (Å²) in [6, 6.07) is 6.67. The number of nitrogens with two attached hydrogens (primary N) is 1. The molecule has 0 unspecified atom stereocenters. The van der Waals surface area contributed by atoms with Gasteiger partial charge in [0.15, 0.2) is 5.69 Å². The molecule has 1 rings (SSSR count). The number of non-ortho nitro benzene ring substituents is 1. The third-order valence-electron chi connectivity index (χ3n) is 1.01. The van der Waals surface area contributed by atoms with Gasteiger partial charge in [-0.3, -0.25) is 10.1 Å². The van der Waals surface area contributed by atoms with Crippen LogP contribution in [-0.2, 0) is 32.7 Å². The Bertz CT molecular complexity index is 265. The molecule has 0 aromatic heterocycles. The number of nitrogen functional groups attached to an aromatic ring is 1. The monoisotopic (exact) mass is 226 g/mol. The average molecular weight is 226 g/mol. The van der Waals surface area contributed by atoms with Gasteiger partial charge in [0.25, 0.3) is 0 Å². The Balaban J connectivity index is 0.000001000. The normalized spacial score (nSPS) is 8.36. The van der Waals surface area contributed by atoms with Crippen LogP contribution >= 0.6 is 0 Å². The fourth-order valence-electron chi connectivity index (χ4n) is 0.576. The summed E-state index contributed by atoms with van der Waals surface area (Å²) in [7, 11) is 0. The Labute approximate surface area is 88.8 Å². The van der Waals surface area contributed by atoms with Crippen molar-refractivity contribution in [1.29, 1.82) is 0 Å². The number of hydrogen-bond acceptors (Lipinski definition) is 3. The number of rotatable bonds is 1. The zero-order chi connectivity index (χ0) is 7.56. The van der Waals surface area contributed by atoms with Crippen molar-refractivity contribution >= 4 is 11.4 Å². The largest absolute Gasteiger partial charge is 0.419 e. The maximum absolute atomic E-state index is 10.1. The van der Waals surface area contributed by atoms with Gasteiger partial charge < -0.3 is 5.73 Å². The standard InChI is InChI=1S/C6H5N2O2.Y/c7-5-2-1-3-6(4-5)8(9)10;/h1-2,4H,7H2;/q-1;. The summed E-state index contributed by atoms with van der Waals surface area (Å²) in [6.45, 7) is 0. The van der Waals surface area contributed by atoms with E-state index in [0.717, 1.165) is 0 Å². The van der Waals surface area contributed by atoms with Gasteiger partial charge in [0.1, 0.15) is 0 Å². The maximum atomic E-state index is 10.1. The Morgan fingerprint density at radius 2 is 2.27 bits per heavy atom. The van der Waals surface area contributed by atoms with Crippen LogP contribution < -0.4 is 5.73 Å². The summed E-state index contributed by atoms with van der Waals surface area (Å²) in [5.74, 6) is 0. The molecule has 0 saturated heterocycles. The van der Waals surface area contributed by atoms with Gasteiger partial charge in [-0.05, 0) is 0 Å². The fraction of sp³-hybridized carbons (Fsp3) is 0. The molecular formula is C6H5N2O2Y-. The van der Waals surface area contributed by atoms with Crippen molar-refractivity contribution in [1.82, 2.24) is 0 Å². The molecule has 2 N–H and O–H groups in total. The molecule has 0 aliphatic heterocycles. The maximum Gasteiger partial charge on any atom is 0.164 e. The van der Waals surface area contributed by atoms with Crippen LogP contribution in [0.5, 0.6) is 0 Å². The van der Waals surface area contributed by atoms with Crippen molar-refractivity contribution in [2.45, 2.75) is 0 Å². The molecule has 0 amide bonds. The van der Waals surface area contributed by atoms with E-state index < -0.39 is 4.92 Å². The van der Waals surface area contributed by atoms with Crippen molar-refractivity contribution in [2.75, 3.05) is 5.73 Å².